The molecule has 1 aliphatic heterocycles. The molecule has 0 spiro atoms. The van der Waals surface area contributed by atoms with E-state index >= 15 is 0 Å². The molecule has 3 heteroatoms. The second-order valence-electron chi connectivity index (χ2n) is 7.83. The highest BCUT2D eigenvalue weighted by Crippen LogP contribution is 2.53. The van der Waals surface area contributed by atoms with Crippen molar-refractivity contribution in [2.75, 3.05) is 13.2 Å². The van der Waals surface area contributed by atoms with Crippen LogP contribution in [0.1, 0.15) is 50.9 Å². The van der Waals surface area contributed by atoms with Gasteiger partial charge in [0.25, 0.3) is 0 Å². The van der Waals surface area contributed by atoms with Crippen LogP contribution >= 0.6 is 0 Å². The fourth-order valence-electron chi connectivity index (χ4n) is 4.79. The van der Waals surface area contributed by atoms with Crippen LogP contribution in [0.25, 0.3) is 0 Å². The second kappa shape index (κ2) is 7.33. The molecule has 2 aliphatic rings. The summed E-state index contributed by atoms with van der Waals surface area (Å²) in [5.41, 5.74) is 1.92. The summed E-state index contributed by atoms with van der Waals surface area (Å²) in [6.07, 6.45) is 4.90. The Kier molecular flexibility index (Phi) is 5.33. The zero-order valence-electron chi connectivity index (χ0n) is 15.8. The predicted octanol–water partition coefficient (Wildman–Crippen LogP) is 4.88. The maximum absolute atomic E-state index is 12.4. The number of hydrogen-bond acceptors (Lipinski definition) is 3. The standard InChI is InChI=1S/C22H30O3/c1-5-9-19-20-15(2)12-16(3)22(13-24-19,17(20)4)14-25-21(23)18-10-7-6-8-11-18/h6-8,10-12,16-17,19-20H,5,9,13-14H2,1-4H3/t16-,17+,19+,20-,22-/m1/s1. The largest absolute Gasteiger partial charge is 0.461 e. The summed E-state index contributed by atoms with van der Waals surface area (Å²) in [5.74, 6) is 0.972. The van der Waals surface area contributed by atoms with E-state index in [0.717, 1.165) is 12.8 Å². The summed E-state index contributed by atoms with van der Waals surface area (Å²) >= 11 is 0. The van der Waals surface area contributed by atoms with Gasteiger partial charge in [0.15, 0.2) is 0 Å². The Labute approximate surface area is 151 Å². The van der Waals surface area contributed by atoms with Crippen LogP contribution in [0, 0.1) is 23.2 Å². The van der Waals surface area contributed by atoms with E-state index in [4.69, 9.17) is 9.47 Å². The molecule has 2 bridgehead atoms. The van der Waals surface area contributed by atoms with Gasteiger partial charge in [-0.3, -0.25) is 0 Å². The van der Waals surface area contributed by atoms with Crippen molar-refractivity contribution in [3.8, 4) is 0 Å². The molecular weight excluding hydrogens is 312 g/mol. The fourth-order valence-corrected chi connectivity index (χ4v) is 4.79. The number of rotatable bonds is 5. The smallest absolute Gasteiger partial charge is 0.338 e. The van der Waals surface area contributed by atoms with E-state index in [0.29, 0.717) is 42.6 Å². The van der Waals surface area contributed by atoms with Gasteiger partial charge in [-0.05, 0) is 37.3 Å². The van der Waals surface area contributed by atoms with E-state index in [1.165, 1.54) is 5.57 Å². The topological polar surface area (TPSA) is 35.5 Å². The van der Waals surface area contributed by atoms with Gasteiger partial charge in [-0.15, -0.1) is 0 Å². The normalized spacial score (nSPS) is 34.3. The highest BCUT2D eigenvalue weighted by molar-refractivity contribution is 5.89. The SMILES string of the molecule is CCC[C@@H]1OC[C@@]2(COC(=O)c3ccccc3)[C@H](C)C=C(C)[C@@H]1[C@@H]2C. The lowest BCUT2D eigenvalue weighted by Crippen LogP contribution is -2.56. The molecule has 0 saturated carbocycles. The van der Waals surface area contributed by atoms with Crippen molar-refractivity contribution in [3.63, 3.8) is 0 Å². The molecule has 1 saturated heterocycles. The maximum Gasteiger partial charge on any atom is 0.338 e. The molecular formula is C22H30O3. The van der Waals surface area contributed by atoms with Crippen molar-refractivity contribution in [2.45, 2.75) is 46.6 Å². The lowest BCUT2D eigenvalue weighted by molar-refractivity contribution is -0.165. The molecule has 3 rings (SSSR count). The van der Waals surface area contributed by atoms with Crippen molar-refractivity contribution >= 4 is 5.97 Å². The summed E-state index contributed by atoms with van der Waals surface area (Å²) in [6, 6.07) is 9.23. The third kappa shape index (κ3) is 3.27. The van der Waals surface area contributed by atoms with Gasteiger partial charge in [0.05, 0.1) is 18.3 Å². The summed E-state index contributed by atoms with van der Waals surface area (Å²) in [6.45, 7) is 10.1. The maximum atomic E-state index is 12.4. The minimum absolute atomic E-state index is 0.126. The van der Waals surface area contributed by atoms with E-state index in [2.05, 4.69) is 33.8 Å². The second-order valence-corrected chi connectivity index (χ2v) is 7.83. The van der Waals surface area contributed by atoms with Crippen LogP contribution < -0.4 is 0 Å². The van der Waals surface area contributed by atoms with E-state index < -0.39 is 0 Å². The van der Waals surface area contributed by atoms with Gasteiger partial charge < -0.3 is 9.47 Å². The average molecular weight is 342 g/mol. The Hall–Kier alpha value is -1.61. The molecule has 136 valence electrons. The number of benzene rings is 1. The predicted molar refractivity (Wildman–Crippen MR) is 99.4 cm³/mol. The number of carbonyl (C=O) groups excluding carboxylic acids is 1. The molecule has 25 heavy (non-hydrogen) atoms. The van der Waals surface area contributed by atoms with Crippen LogP contribution in [-0.4, -0.2) is 25.3 Å². The summed E-state index contributed by atoms with van der Waals surface area (Å²) in [4.78, 5) is 12.4. The van der Waals surface area contributed by atoms with Crippen LogP contribution in [0.2, 0.25) is 0 Å². The zero-order chi connectivity index (χ0) is 18.0. The van der Waals surface area contributed by atoms with Crippen LogP contribution in [0.3, 0.4) is 0 Å². The molecule has 1 heterocycles. The molecule has 3 nitrogen and oxygen atoms in total. The molecule has 5 atom stereocenters. The van der Waals surface area contributed by atoms with Gasteiger partial charge in [0.2, 0.25) is 0 Å². The number of esters is 1. The first-order chi connectivity index (χ1) is 12.0. The zero-order valence-corrected chi connectivity index (χ0v) is 15.8. The first kappa shape index (κ1) is 18.2. The highest BCUT2D eigenvalue weighted by atomic mass is 16.5. The first-order valence-electron chi connectivity index (χ1n) is 9.51. The Morgan fingerprint density at radius 3 is 2.68 bits per heavy atom. The van der Waals surface area contributed by atoms with Gasteiger partial charge in [-0.1, -0.05) is 57.0 Å². The first-order valence-corrected chi connectivity index (χ1v) is 9.51. The fraction of sp³-hybridized carbons (Fsp3) is 0.591. The molecule has 0 radical (unpaired) electrons. The van der Waals surface area contributed by atoms with E-state index in [9.17, 15) is 4.79 Å². The monoisotopic (exact) mass is 342 g/mol. The average Bonchev–Trinajstić information content (AvgIpc) is 2.61. The quantitative estimate of drug-likeness (QED) is 0.565. The molecule has 0 aromatic heterocycles. The number of carbonyl (C=O) groups is 1. The van der Waals surface area contributed by atoms with Crippen molar-refractivity contribution in [1.29, 1.82) is 0 Å². The molecule has 0 unspecified atom stereocenters. The Bertz CT molecular complexity index is 636. The summed E-state index contributed by atoms with van der Waals surface area (Å²) < 4.78 is 12.1. The van der Waals surface area contributed by atoms with Gasteiger partial charge in [0.1, 0.15) is 6.61 Å². The number of hydrogen-bond donors (Lipinski definition) is 0. The van der Waals surface area contributed by atoms with Gasteiger partial charge in [-0.2, -0.15) is 0 Å². The third-order valence-corrected chi connectivity index (χ3v) is 6.41. The van der Waals surface area contributed by atoms with Gasteiger partial charge >= 0.3 is 5.97 Å². The van der Waals surface area contributed by atoms with Crippen LogP contribution in [0.15, 0.2) is 42.0 Å². The molecule has 0 N–H and O–H groups in total. The minimum Gasteiger partial charge on any atom is -0.461 e. The van der Waals surface area contributed by atoms with Crippen molar-refractivity contribution in [2.24, 2.45) is 23.2 Å². The molecule has 1 aromatic carbocycles. The number of allylic oxidation sites excluding steroid dienone is 1. The third-order valence-electron chi connectivity index (χ3n) is 6.41. The van der Waals surface area contributed by atoms with Crippen LogP contribution in [0.5, 0.6) is 0 Å². The van der Waals surface area contributed by atoms with Crippen molar-refractivity contribution < 1.29 is 14.3 Å². The van der Waals surface area contributed by atoms with E-state index in [1.807, 2.05) is 18.2 Å². The summed E-state index contributed by atoms with van der Waals surface area (Å²) in [5, 5.41) is 0. The van der Waals surface area contributed by atoms with Gasteiger partial charge in [-0.25, -0.2) is 4.79 Å². The Morgan fingerprint density at radius 1 is 1.28 bits per heavy atom. The van der Waals surface area contributed by atoms with Crippen LogP contribution in [-0.2, 0) is 9.47 Å². The Balaban J connectivity index is 1.79. The van der Waals surface area contributed by atoms with E-state index in [-0.39, 0.29) is 11.4 Å². The van der Waals surface area contributed by atoms with E-state index in [1.54, 1.807) is 12.1 Å². The highest BCUT2D eigenvalue weighted by Gasteiger charge is 2.53. The molecule has 1 aromatic rings. The minimum atomic E-state index is -0.243. The molecule has 1 aliphatic carbocycles. The Morgan fingerprint density at radius 2 is 2.00 bits per heavy atom. The van der Waals surface area contributed by atoms with Crippen LogP contribution in [0.4, 0.5) is 0 Å². The molecule has 1 fully saturated rings. The summed E-state index contributed by atoms with van der Waals surface area (Å²) in [7, 11) is 0. The van der Waals surface area contributed by atoms with Crippen molar-refractivity contribution in [1.82, 2.24) is 0 Å². The molecule has 0 amide bonds. The number of ether oxygens (including phenoxy) is 2. The van der Waals surface area contributed by atoms with Crippen molar-refractivity contribution in [3.05, 3.63) is 47.5 Å². The van der Waals surface area contributed by atoms with Gasteiger partial charge in [0, 0.05) is 11.3 Å². The number of fused-ring (bicyclic) bond motifs is 2. The lowest BCUT2D eigenvalue weighted by atomic mass is 9.56. The lowest BCUT2D eigenvalue weighted by Gasteiger charge is -2.55.